The molecule has 2 atom stereocenters. The predicted molar refractivity (Wildman–Crippen MR) is 196 cm³/mol. The molecule has 276 valence electrons. The van der Waals surface area contributed by atoms with Gasteiger partial charge >= 0.3 is 43.8 Å². The minimum Gasteiger partial charge on any atom is -0.540 e. The number of thiazole rings is 1. The van der Waals surface area contributed by atoms with E-state index in [1.165, 1.54) is 11.3 Å². The Labute approximate surface area is 335 Å². The van der Waals surface area contributed by atoms with Gasteiger partial charge in [0.1, 0.15) is 5.60 Å². The van der Waals surface area contributed by atoms with Crippen molar-refractivity contribution in [3.8, 4) is 10.4 Å². The van der Waals surface area contributed by atoms with Gasteiger partial charge in [-0.05, 0) is 57.1 Å². The third kappa shape index (κ3) is 19.9. The SMILES string of the molecule is [CH2-]C(=O)N[C@H]([C-]=O)C(C)(C)C.[CH2-]CC1(C[CH2-])CCN(C(=O)OC(C)(C)C)CC1.[CH2-][C@H](O)C[CH-]C(=O)NCc1ccc(-c2scnc2C)cc1.[Li+].[Li+]. The number of hydrogen-bond donors (Lipinski definition) is 3. The van der Waals surface area contributed by atoms with Crippen LogP contribution < -0.4 is 48.4 Å². The number of carbonyl (C=O) groups is 3. The number of likely N-dealkylation sites (tertiary alicyclic amines) is 1. The number of aromatic nitrogens is 1. The summed E-state index contributed by atoms with van der Waals surface area (Å²) in [5.41, 5.74) is 4.56. The molecule has 3 rings (SSSR count). The maximum Gasteiger partial charge on any atom is 1.00 e. The van der Waals surface area contributed by atoms with Crippen molar-refractivity contribution >= 4 is 35.5 Å². The van der Waals surface area contributed by atoms with Crippen LogP contribution in [-0.2, 0) is 25.7 Å². The van der Waals surface area contributed by atoms with Crippen LogP contribution in [0.5, 0.6) is 0 Å². The molecular weight excluding hydrogens is 654 g/mol. The van der Waals surface area contributed by atoms with Crippen molar-refractivity contribution < 1.29 is 66.7 Å². The molecule has 1 aliphatic heterocycles. The molecule has 0 saturated carbocycles. The molecule has 2 heterocycles. The minimum atomic E-state index is -0.738. The van der Waals surface area contributed by atoms with Crippen molar-refractivity contribution in [3.63, 3.8) is 0 Å². The quantitative estimate of drug-likeness (QED) is 0.241. The van der Waals surface area contributed by atoms with E-state index in [1.54, 1.807) is 22.5 Å². The zero-order valence-corrected chi connectivity index (χ0v) is 33.2. The average Bonchev–Trinajstić information content (AvgIpc) is 3.46. The summed E-state index contributed by atoms with van der Waals surface area (Å²) >= 11 is 1.62. The van der Waals surface area contributed by atoms with Crippen LogP contribution in [-0.4, -0.2) is 70.0 Å². The normalized spacial score (nSPS) is 14.6. The summed E-state index contributed by atoms with van der Waals surface area (Å²) in [6.07, 6.45) is 6.26. The molecule has 1 aromatic carbocycles. The van der Waals surface area contributed by atoms with Crippen molar-refractivity contribution in [2.24, 2.45) is 10.8 Å². The van der Waals surface area contributed by atoms with E-state index < -0.39 is 23.7 Å². The second kappa shape index (κ2) is 24.0. The van der Waals surface area contributed by atoms with Gasteiger partial charge in [-0.1, -0.05) is 62.6 Å². The molecule has 10 nitrogen and oxygen atoms in total. The van der Waals surface area contributed by atoms with E-state index in [0.29, 0.717) is 6.54 Å². The summed E-state index contributed by atoms with van der Waals surface area (Å²) in [7, 11) is 0. The number of rotatable bonds is 10. The van der Waals surface area contributed by atoms with E-state index in [-0.39, 0.29) is 67.0 Å². The van der Waals surface area contributed by atoms with Crippen molar-refractivity contribution in [1.82, 2.24) is 20.5 Å². The molecule has 1 aromatic heterocycles. The molecule has 0 unspecified atom stereocenters. The van der Waals surface area contributed by atoms with E-state index >= 15 is 0 Å². The van der Waals surface area contributed by atoms with Gasteiger partial charge in [0.2, 0.25) is 0 Å². The Hall–Kier alpha value is -2.38. The maximum atomic E-state index is 11.9. The first-order valence-corrected chi connectivity index (χ1v) is 17.3. The van der Waals surface area contributed by atoms with Crippen molar-refractivity contribution in [1.29, 1.82) is 0 Å². The number of ether oxygens (including phenoxy) is 1. The van der Waals surface area contributed by atoms with Crippen molar-refractivity contribution in [2.75, 3.05) is 13.1 Å². The van der Waals surface area contributed by atoms with E-state index in [4.69, 9.17) is 9.84 Å². The fourth-order valence-corrected chi connectivity index (χ4v) is 5.37. The smallest absolute Gasteiger partial charge is 0.540 e. The molecule has 2 aromatic rings. The van der Waals surface area contributed by atoms with Crippen molar-refractivity contribution in [2.45, 2.75) is 105 Å². The standard InChI is InChI=1S/C16H18N2O2S.C14H25NO2.C8H13NO2.2Li/c1-11(19)3-8-15(20)17-9-13-4-6-14(7-5-13)16-12(2)18-10-21-16;1-6-14(7-2)8-10-15(11-9-14)12(16)17-13(3,4)5;1-6(11)9-7(5-10)8(2,3)4;;/h4-8,10-11,19H,1,3,9H2,2H3,(H,17,20);1-2,6-11H2,3-5H3;7H,1H2,2-4H3,(H,9,11);;/q3*-2;2*+1/t11-;;7-;;/m0.1../s1. The molecule has 3 amide bonds. The number of amides is 3. The van der Waals surface area contributed by atoms with E-state index in [2.05, 4.69) is 43.3 Å². The first kappa shape index (κ1) is 50.7. The second-order valence-electron chi connectivity index (χ2n) is 14.2. The molecule has 0 spiro atoms. The molecule has 3 N–H and O–H groups in total. The Balaban J connectivity index is 0. The van der Waals surface area contributed by atoms with Gasteiger partial charge < -0.3 is 73.9 Å². The predicted octanol–water partition coefficient (Wildman–Crippen LogP) is 0.445. The molecule has 51 heavy (non-hydrogen) atoms. The number of nitrogens with zero attached hydrogens (tertiary/aromatic N) is 2. The zero-order valence-electron chi connectivity index (χ0n) is 32.4. The number of nitrogens with one attached hydrogen (secondary N) is 2. The summed E-state index contributed by atoms with van der Waals surface area (Å²) in [6, 6.07) is 7.47. The number of carbonyl (C=O) groups excluding carboxylic acids is 4. The van der Waals surface area contributed by atoms with Crippen molar-refractivity contribution in [3.05, 3.63) is 75.1 Å². The van der Waals surface area contributed by atoms with Gasteiger partial charge in [-0.15, -0.1) is 11.3 Å². The van der Waals surface area contributed by atoms with E-state index in [1.807, 2.05) is 78.2 Å². The first-order chi connectivity index (χ1) is 22.8. The van der Waals surface area contributed by atoms with Crippen LogP contribution in [0.15, 0.2) is 29.8 Å². The number of aliphatic hydroxyl groups is 1. The summed E-state index contributed by atoms with van der Waals surface area (Å²) < 4.78 is 5.37. The summed E-state index contributed by atoms with van der Waals surface area (Å²) in [6.45, 7) is 29.7. The third-order valence-corrected chi connectivity index (χ3v) is 8.81. The largest absolute Gasteiger partial charge is 1.00 e. The molecule has 1 aliphatic rings. The minimum absolute atomic E-state index is 0. The van der Waals surface area contributed by atoms with Gasteiger partial charge in [0, 0.05) is 19.6 Å². The molecule has 13 heteroatoms. The molecule has 0 aliphatic carbocycles. The van der Waals surface area contributed by atoms with Gasteiger partial charge in [-0.2, -0.15) is 19.3 Å². The monoisotopic (exact) mass is 710 g/mol. The molecule has 0 radical (unpaired) electrons. The Bertz CT molecular complexity index is 1310. The summed E-state index contributed by atoms with van der Waals surface area (Å²) in [5.74, 6) is -0.645. The molecule has 1 saturated heterocycles. The Morgan fingerprint density at radius 2 is 1.63 bits per heavy atom. The first-order valence-electron chi connectivity index (χ1n) is 16.4. The van der Waals surface area contributed by atoms with Crippen LogP contribution in [0.3, 0.4) is 0 Å². The topological polar surface area (TPSA) is 138 Å². The van der Waals surface area contributed by atoms with Crippen LogP contribution in [0.25, 0.3) is 10.4 Å². The van der Waals surface area contributed by atoms with E-state index in [0.717, 1.165) is 55.6 Å². The summed E-state index contributed by atoms with van der Waals surface area (Å²) in [5, 5.41) is 14.2. The van der Waals surface area contributed by atoms with E-state index in [9.17, 15) is 19.2 Å². The average molecular weight is 711 g/mol. The Morgan fingerprint density at radius 1 is 1.08 bits per heavy atom. The fraction of sp³-hybridized carbons (Fsp3) is 0.526. The third-order valence-electron chi connectivity index (χ3n) is 7.83. The number of benzene rings is 1. The van der Waals surface area contributed by atoms with Crippen LogP contribution in [0.1, 0.15) is 84.9 Å². The maximum absolute atomic E-state index is 11.9. The van der Waals surface area contributed by atoms with Crippen LogP contribution >= 0.6 is 11.3 Å². The summed E-state index contributed by atoms with van der Waals surface area (Å²) in [4.78, 5) is 51.4. The molecule has 0 bridgehead atoms. The van der Waals surface area contributed by atoms with Gasteiger partial charge in [0.25, 0.3) is 0 Å². The number of piperidine rings is 1. The number of hydrogen-bond acceptors (Lipinski definition) is 8. The molecular formula is C38H56Li2N4O6S-4. The van der Waals surface area contributed by atoms with Crippen LogP contribution in [0.2, 0.25) is 0 Å². The fourth-order valence-electron chi connectivity index (χ4n) is 4.56. The Kier molecular flexibility index (Phi) is 23.9. The Morgan fingerprint density at radius 3 is 2.00 bits per heavy atom. The van der Waals surface area contributed by atoms with Gasteiger partial charge in [0.05, 0.1) is 27.9 Å². The number of aliphatic hydroxyl groups excluding tert-OH is 1. The zero-order chi connectivity index (χ0) is 37.4. The van der Waals surface area contributed by atoms with Crippen LogP contribution in [0.4, 0.5) is 4.79 Å². The number of aryl methyl sites for hydroxylation is 1. The van der Waals surface area contributed by atoms with Gasteiger partial charge in [-0.3, -0.25) is 0 Å². The second-order valence-corrected chi connectivity index (χ2v) is 15.1. The van der Waals surface area contributed by atoms with Gasteiger partial charge in [0.15, 0.2) is 0 Å². The van der Waals surface area contributed by atoms with Crippen LogP contribution in [0, 0.1) is 51.9 Å². The van der Waals surface area contributed by atoms with Gasteiger partial charge in [-0.25, -0.2) is 16.1 Å². The molecule has 1 fully saturated rings.